The second kappa shape index (κ2) is 7.48. The van der Waals surface area contributed by atoms with Gasteiger partial charge in [0.15, 0.2) is 0 Å². The van der Waals surface area contributed by atoms with Gasteiger partial charge in [-0.05, 0) is 12.8 Å². The zero-order chi connectivity index (χ0) is 11.3. The molecule has 0 bridgehead atoms. The molecule has 0 amide bonds. The van der Waals surface area contributed by atoms with E-state index in [1.807, 2.05) is 6.92 Å². The maximum atomic E-state index is 12.0. The van der Waals surface area contributed by atoms with Crippen molar-refractivity contribution in [2.45, 2.75) is 39.2 Å². The van der Waals surface area contributed by atoms with Crippen LogP contribution in [0, 0.1) is 0 Å². The van der Waals surface area contributed by atoms with E-state index in [4.69, 9.17) is 0 Å². The van der Waals surface area contributed by atoms with E-state index in [1.54, 1.807) is 4.31 Å². The molecule has 0 spiro atoms. The van der Waals surface area contributed by atoms with Gasteiger partial charge < -0.3 is 5.32 Å². The lowest BCUT2D eigenvalue weighted by molar-refractivity contribution is 0.254. The van der Waals surface area contributed by atoms with Gasteiger partial charge in [0.1, 0.15) is 0 Å². The van der Waals surface area contributed by atoms with Gasteiger partial charge in [0.05, 0.1) is 5.75 Å². The van der Waals surface area contributed by atoms with Gasteiger partial charge in [-0.3, -0.25) is 0 Å². The van der Waals surface area contributed by atoms with E-state index >= 15 is 0 Å². The van der Waals surface area contributed by atoms with Crippen molar-refractivity contribution >= 4 is 22.4 Å². The number of nitrogens with one attached hydrogen (secondary N) is 1. The van der Waals surface area contributed by atoms with E-state index in [-0.39, 0.29) is 24.2 Å². The summed E-state index contributed by atoms with van der Waals surface area (Å²) in [4.78, 5) is 0. The fourth-order valence-electron chi connectivity index (χ4n) is 2.06. The normalized spacial score (nSPS) is 22.8. The van der Waals surface area contributed by atoms with Crippen LogP contribution in [0.15, 0.2) is 0 Å². The molecule has 0 radical (unpaired) electrons. The number of sulfonamides is 1. The highest BCUT2D eigenvalue weighted by Crippen LogP contribution is 2.15. The molecule has 1 rings (SSSR count). The Labute approximate surface area is 105 Å². The van der Waals surface area contributed by atoms with Gasteiger partial charge in [0.25, 0.3) is 0 Å². The van der Waals surface area contributed by atoms with Crippen LogP contribution in [0.5, 0.6) is 0 Å². The summed E-state index contributed by atoms with van der Waals surface area (Å²) in [5.74, 6) is 0.285. The van der Waals surface area contributed by atoms with E-state index in [9.17, 15) is 8.42 Å². The molecule has 0 aromatic heterocycles. The summed E-state index contributed by atoms with van der Waals surface area (Å²) in [5, 5.41) is 3.26. The van der Waals surface area contributed by atoms with Crippen LogP contribution in [0.1, 0.15) is 33.1 Å². The second-order valence-corrected chi connectivity index (χ2v) is 6.11. The largest absolute Gasteiger partial charge is 0.314 e. The average Bonchev–Trinajstić information content (AvgIpc) is 2.19. The average molecular weight is 271 g/mol. The molecule has 98 valence electrons. The predicted octanol–water partition coefficient (Wildman–Crippen LogP) is 1.22. The lowest BCUT2D eigenvalue weighted by Crippen LogP contribution is -2.53. The molecule has 1 aliphatic rings. The molecule has 1 fully saturated rings. The van der Waals surface area contributed by atoms with Crippen molar-refractivity contribution in [2.24, 2.45) is 0 Å². The Kier molecular flexibility index (Phi) is 7.55. The SMILES string of the molecule is CCCC1CNCCN1S(=O)(=O)CCC.Cl. The maximum absolute atomic E-state index is 12.0. The Morgan fingerprint density at radius 2 is 2.00 bits per heavy atom. The molecule has 1 aliphatic heterocycles. The molecule has 6 heteroatoms. The van der Waals surface area contributed by atoms with E-state index in [0.717, 1.165) is 25.9 Å². The van der Waals surface area contributed by atoms with Gasteiger partial charge in [-0.2, -0.15) is 4.31 Å². The summed E-state index contributed by atoms with van der Waals surface area (Å²) >= 11 is 0. The molecular weight excluding hydrogens is 248 g/mol. The Hall–Kier alpha value is 0.160. The summed E-state index contributed by atoms with van der Waals surface area (Å²) < 4.78 is 25.6. The Bertz CT molecular complexity index is 281. The zero-order valence-electron chi connectivity index (χ0n) is 10.1. The summed E-state index contributed by atoms with van der Waals surface area (Å²) in [6.07, 6.45) is 2.69. The molecule has 1 unspecified atom stereocenters. The van der Waals surface area contributed by atoms with Crippen LogP contribution in [-0.2, 0) is 10.0 Å². The zero-order valence-corrected chi connectivity index (χ0v) is 11.7. The maximum Gasteiger partial charge on any atom is 0.214 e. The minimum Gasteiger partial charge on any atom is -0.314 e. The number of hydrogen-bond acceptors (Lipinski definition) is 3. The summed E-state index contributed by atoms with van der Waals surface area (Å²) in [5.41, 5.74) is 0. The van der Waals surface area contributed by atoms with Crippen LogP contribution in [0.3, 0.4) is 0 Å². The minimum absolute atomic E-state index is 0. The third kappa shape index (κ3) is 4.20. The van der Waals surface area contributed by atoms with Gasteiger partial charge in [0, 0.05) is 25.7 Å². The summed E-state index contributed by atoms with van der Waals surface area (Å²) in [6.45, 7) is 6.22. The summed E-state index contributed by atoms with van der Waals surface area (Å²) in [6, 6.07) is 0.167. The first-order valence-corrected chi connectivity index (χ1v) is 7.43. The number of rotatable bonds is 5. The summed E-state index contributed by atoms with van der Waals surface area (Å²) in [7, 11) is -3.01. The van der Waals surface area contributed by atoms with Gasteiger partial charge in [0.2, 0.25) is 10.0 Å². The predicted molar refractivity (Wildman–Crippen MR) is 69.6 cm³/mol. The van der Waals surface area contributed by atoms with Gasteiger partial charge in [-0.25, -0.2) is 8.42 Å². The lowest BCUT2D eigenvalue weighted by atomic mass is 10.1. The van der Waals surface area contributed by atoms with Crippen LogP contribution >= 0.6 is 12.4 Å². The van der Waals surface area contributed by atoms with Gasteiger partial charge in [-0.1, -0.05) is 20.3 Å². The van der Waals surface area contributed by atoms with Crippen LogP contribution in [-0.4, -0.2) is 44.2 Å². The third-order valence-corrected chi connectivity index (χ3v) is 4.86. The van der Waals surface area contributed by atoms with Crippen molar-refractivity contribution in [1.82, 2.24) is 9.62 Å². The first kappa shape index (κ1) is 16.2. The van der Waals surface area contributed by atoms with Gasteiger partial charge >= 0.3 is 0 Å². The smallest absolute Gasteiger partial charge is 0.214 e. The molecule has 0 aliphatic carbocycles. The topological polar surface area (TPSA) is 49.4 Å². The molecular formula is C10H23ClN2O2S. The van der Waals surface area contributed by atoms with Crippen molar-refractivity contribution < 1.29 is 8.42 Å². The van der Waals surface area contributed by atoms with Crippen molar-refractivity contribution in [1.29, 1.82) is 0 Å². The van der Waals surface area contributed by atoms with Crippen LogP contribution in [0.25, 0.3) is 0 Å². The molecule has 1 heterocycles. The first-order chi connectivity index (χ1) is 7.11. The fourth-order valence-corrected chi connectivity index (χ4v) is 3.82. The number of halogens is 1. The van der Waals surface area contributed by atoms with Crippen LogP contribution < -0.4 is 5.32 Å². The van der Waals surface area contributed by atoms with Crippen molar-refractivity contribution in [3.8, 4) is 0 Å². The highest BCUT2D eigenvalue weighted by molar-refractivity contribution is 7.89. The molecule has 4 nitrogen and oxygen atoms in total. The van der Waals surface area contributed by atoms with Crippen molar-refractivity contribution in [2.75, 3.05) is 25.4 Å². The fraction of sp³-hybridized carbons (Fsp3) is 1.00. The molecule has 1 saturated heterocycles. The monoisotopic (exact) mass is 270 g/mol. The van der Waals surface area contributed by atoms with Gasteiger partial charge in [-0.15, -0.1) is 12.4 Å². The third-order valence-electron chi connectivity index (χ3n) is 2.74. The highest BCUT2D eigenvalue weighted by Gasteiger charge is 2.30. The molecule has 0 aromatic carbocycles. The Morgan fingerprint density at radius 3 is 2.56 bits per heavy atom. The lowest BCUT2D eigenvalue weighted by Gasteiger charge is -2.35. The highest BCUT2D eigenvalue weighted by atomic mass is 35.5. The van der Waals surface area contributed by atoms with E-state index in [1.165, 1.54) is 0 Å². The van der Waals surface area contributed by atoms with Crippen molar-refractivity contribution in [3.63, 3.8) is 0 Å². The van der Waals surface area contributed by atoms with Crippen LogP contribution in [0.2, 0.25) is 0 Å². The van der Waals surface area contributed by atoms with E-state index < -0.39 is 10.0 Å². The Balaban J connectivity index is 0.00000225. The minimum atomic E-state index is -3.01. The number of piperazine rings is 1. The van der Waals surface area contributed by atoms with E-state index in [0.29, 0.717) is 13.0 Å². The standard InChI is InChI=1S/C10H22N2O2S.ClH/c1-3-5-10-9-11-6-7-12(10)15(13,14)8-4-2;/h10-11H,3-9H2,1-2H3;1H. The number of hydrogen-bond donors (Lipinski definition) is 1. The molecule has 0 aromatic rings. The van der Waals surface area contributed by atoms with Crippen LogP contribution in [0.4, 0.5) is 0 Å². The molecule has 1 atom stereocenters. The molecule has 0 saturated carbocycles. The first-order valence-electron chi connectivity index (χ1n) is 5.82. The quantitative estimate of drug-likeness (QED) is 0.817. The molecule has 1 N–H and O–H groups in total. The van der Waals surface area contributed by atoms with E-state index in [2.05, 4.69) is 12.2 Å². The molecule has 16 heavy (non-hydrogen) atoms. The Morgan fingerprint density at radius 1 is 1.31 bits per heavy atom. The second-order valence-electron chi connectivity index (χ2n) is 4.07. The number of nitrogens with zero attached hydrogens (tertiary/aromatic N) is 1. The van der Waals surface area contributed by atoms with Crippen molar-refractivity contribution in [3.05, 3.63) is 0 Å².